The second-order valence-electron chi connectivity index (χ2n) is 5.98. The van der Waals surface area contributed by atoms with E-state index in [-0.39, 0.29) is 5.82 Å². The molecule has 0 spiro atoms. The molecule has 2 heterocycles. The summed E-state index contributed by atoms with van der Waals surface area (Å²) in [6, 6.07) is 11.6. The highest BCUT2D eigenvalue weighted by Gasteiger charge is 2.11. The summed E-state index contributed by atoms with van der Waals surface area (Å²) >= 11 is 0. The third-order valence-corrected chi connectivity index (χ3v) is 4.21. The van der Waals surface area contributed by atoms with Gasteiger partial charge in [0.25, 0.3) is 0 Å². The van der Waals surface area contributed by atoms with Gasteiger partial charge in [-0.25, -0.2) is 19.0 Å². The van der Waals surface area contributed by atoms with Crippen molar-refractivity contribution < 1.29 is 13.9 Å². The van der Waals surface area contributed by atoms with Crippen LogP contribution >= 0.6 is 0 Å². The van der Waals surface area contributed by atoms with Gasteiger partial charge >= 0.3 is 0 Å². The van der Waals surface area contributed by atoms with Gasteiger partial charge in [0.1, 0.15) is 12.1 Å². The van der Waals surface area contributed by atoms with Crippen molar-refractivity contribution in [2.45, 2.75) is 0 Å². The van der Waals surface area contributed by atoms with E-state index in [2.05, 4.69) is 25.6 Å². The number of hydrogen-bond donors (Lipinski definition) is 1. The topological polar surface area (TPSA) is 86.5 Å². The van der Waals surface area contributed by atoms with Crippen LogP contribution in [-0.2, 0) is 0 Å². The maximum atomic E-state index is 13.5. The number of methoxy groups -OCH3 is 2. The Morgan fingerprint density at radius 3 is 2.72 bits per heavy atom. The quantitative estimate of drug-likeness (QED) is 0.400. The van der Waals surface area contributed by atoms with Crippen molar-refractivity contribution in [3.63, 3.8) is 0 Å². The number of ether oxygens (including phenoxy) is 2. The summed E-state index contributed by atoms with van der Waals surface area (Å²) in [6.45, 7) is 0. The Hall–Kier alpha value is -4.01. The van der Waals surface area contributed by atoms with E-state index in [1.807, 2.05) is 12.1 Å². The highest BCUT2D eigenvalue weighted by molar-refractivity contribution is 5.88. The monoisotopic (exact) mass is 392 g/mol. The van der Waals surface area contributed by atoms with E-state index >= 15 is 0 Å². The molecule has 9 heteroatoms. The molecule has 29 heavy (non-hydrogen) atoms. The first-order valence-corrected chi connectivity index (χ1v) is 8.65. The molecule has 4 rings (SSSR count). The first-order chi connectivity index (χ1) is 14.2. The summed E-state index contributed by atoms with van der Waals surface area (Å²) in [4.78, 5) is 8.48. The normalized spacial score (nSPS) is 11.1. The SMILES string of the molecule is COc1ccc(/C=N/Nc2ncnc3c2cnn3-c2cccc(F)c2)cc1OC. The largest absolute Gasteiger partial charge is 0.493 e. The van der Waals surface area contributed by atoms with E-state index in [4.69, 9.17) is 9.47 Å². The van der Waals surface area contributed by atoms with Crippen LogP contribution in [0.3, 0.4) is 0 Å². The maximum absolute atomic E-state index is 13.5. The van der Waals surface area contributed by atoms with E-state index in [1.165, 1.54) is 18.5 Å². The molecule has 0 unspecified atom stereocenters. The lowest BCUT2D eigenvalue weighted by molar-refractivity contribution is 0.355. The Morgan fingerprint density at radius 1 is 1.07 bits per heavy atom. The van der Waals surface area contributed by atoms with Crippen molar-refractivity contribution in [1.82, 2.24) is 19.7 Å². The lowest BCUT2D eigenvalue weighted by atomic mass is 10.2. The lowest BCUT2D eigenvalue weighted by Gasteiger charge is -2.07. The van der Waals surface area contributed by atoms with E-state index in [1.54, 1.807) is 49.5 Å². The van der Waals surface area contributed by atoms with Crippen LogP contribution < -0.4 is 14.9 Å². The van der Waals surface area contributed by atoms with Crippen LogP contribution in [0.15, 0.2) is 60.1 Å². The summed E-state index contributed by atoms with van der Waals surface area (Å²) < 4.78 is 25.6. The number of benzene rings is 2. The minimum Gasteiger partial charge on any atom is -0.493 e. The van der Waals surface area contributed by atoms with Crippen molar-refractivity contribution in [2.75, 3.05) is 19.6 Å². The van der Waals surface area contributed by atoms with E-state index < -0.39 is 0 Å². The van der Waals surface area contributed by atoms with Crippen molar-refractivity contribution >= 4 is 23.1 Å². The Balaban J connectivity index is 1.60. The molecule has 0 bridgehead atoms. The number of aromatic nitrogens is 4. The van der Waals surface area contributed by atoms with Gasteiger partial charge in [-0.05, 0) is 42.0 Å². The number of fused-ring (bicyclic) bond motifs is 1. The highest BCUT2D eigenvalue weighted by Crippen LogP contribution is 2.27. The van der Waals surface area contributed by atoms with Crippen molar-refractivity contribution in [2.24, 2.45) is 5.10 Å². The molecule has 4 aromatic rings. The average molecular weight is 392 g/mol. The van der Waals surface area contributed by atoms with Crippen molar-refractivity contribution in [3.8, 4) is 17.2 Å². The third kappa shape index (κ3) is 3.70. The second kappa shape index (κ2) is 7.93. The van der Waals surface area contributed by atoms with Gasteiger partial charge in [-0.2, -0.15) is 10.2 Å². The summed E-state index contributed by atoms with van der Waals surface area (Å²) in [5.41, 5.74) is 4.82. The molecule has 2 aromatic heterocycles. The minimum absolute atomic E-state index is 0.349. The summed E-state index contributed by atoms with van der Waals surface area (Å²) in [7, 11) is 3.16. The molecule has 0 amide bonds. The van der Waals surface area contributed by atoms with Gasteiger partial charge < -0.3 is 9.47 Å². The molecule has 0 saturated carbocycles. The zero-order valence-corrected chi connectivity index (χ0v) is 15.7. The van der Waals surface area contributed by atoms with Gasteiger partial charge in [-0.1, -0.05) is 6.07 Å². The fourth-order valence-corrected chi connectivity index (χ4v) is 2.83. The highest BCUT2D eigenvalue weighted by atomic mass is 19.1. The van der Waals surface area contributed by atoms with E-state index in [0.717, 1.165) is 5.56 Å². The lowest BCUT2D eigenvalue weighted by Crippen LogP contribution is -2.00. The maximum Gasteiger partial charge on any atom is 0.168 e. The molecule has 0 aliphatic carbocycles. The van der Waals surface area contributed by atoms with Crippen LogP contribution in [0.5, 0.6) is 11.5 Å². The van der Waals surface area contributed by atoms with Gasteiger partial charge in [0.05, 0.1) is 37.7 Å². The van der Waals surface area contributed by atoms with Crippen LogP contribution in [0, 0.1) is 5.82 Å². The molecule has 0 aliphatic rings. The van der Waals surface area contributed by atoms with E-state index in [9.17, 15) is 4.39 Å². The molecule has 0 atom stereocenters. The van der Waals surface area contributed by atoms with Crippen molar-refractivity contribution in [3.05, 3.63) is 66.4 Å². The predicted molar refractivity (Wildman–Crippen MR) is 107 cm³/mol. The number of hydrazone groups is 1. The van der Waals surface area contributed by atoms with Gasteiger partial charge in [0, 0.05) is 0 Å². The summed E-state index contributed by atoms with van der Waals surface area (Å²) in [5.74, 6) is 1.38. The number of rotatable bonds is 6. The Kier molecular flexibility index (Phi) is 5.02. The Bertz CT molecular complexity index is 1190. The van der Waals surface area contributed by atoms with Crippen LogP contribution in [-0.4, -0.2) is 40.2 Å². The summed E-state index contributed by atoms with van der Waals surface area (Å²) in [6.07, 6.45) is 4.63. The Labute approximate surface area is 165 Å². The molecule has 0 saturated heterocycles. The number of halogens is 1. The molecule has 1 N–H and O–H groups in total. The van der Waals surface area contributed by atoms with Crippen LogP contribution in [0.1, 0.15) is 5.56 Å². The average Bonchev–Trinajstić information content (AvgIpc) is 3.18. The van der Waals surface area contributed by atoms with Gasteiger partial charge in [-0.3, -0.25) is 5.43 Å². The molecule has 2 aromatic carbocycles. The zero-order valence-electron chi connectivity index (χ0n) is 15.7. The molecular weight excluding hydrogens is 375 g/mol. The number of nitrogens with one attached hydrogen (secondary N) is 1. The van der Waals surface area contributed by atoms with Crippen LogP contribution in [0.2, 0.25) is 0 Å². The molecule has 0 fully saturated rings. The Morgan fingerprint density at radius 2 is 1.93 bits per heavy atom. The molecule has 146 valence electrons. The fraction of sp³-hybridized carbons (Fsp3) is 0.100. The first kappa shape index (κ1) is 18.4. The molecule has 0 radical (unpaired) electrons. The van der Waals surface area contributed by atoms with Crippen LogP contribution in [0.4, 0.5) is 10.2 Å². The van der Waals surface area contributed by atoms with E-state index in [0.29, 0.717) is 34.0 Å². The predicted octanol–water partition coefficient (Wildman–Crippen LogP) is 3.42. The van der Waals surface area contributed by atoms with Gasteiger partial charge in [-0.15, -0.1) is 0 Å². The standard InChI is InChI=1S/C20H17FN6O2/c1-28-17-7-6-13(8-18(17)29-2)10-24-26-19-16-11-25-27(20(16)23-12-22-19)15-5-3-4-14(21)9-15/h3-12H,1-2H3,(H,22,23,26)/b24-10+. The smallest absolute Gasteiger partial charge is 0.168 e. The zero-order chi connectivity index (χ0) is 20.2. The fourth-order valence-electron chi connectivity index (χ4n) is 2.83. The minimum atomic E-state index is -0.349. The number of anilines is 1. The third-order valence-electron chi connectivity index (χ3n) is 4.21. The second-order valence-corrected chi connectivity index (χ2v) is 5.98. The molecular formula is C20H17FN6O2. The van der Waals surface area contributed by atoms with Gasteiger partial charge in [0.2, 0.25) is 0 Å². The number of hydrogen-bond acceptors (Lipinski definition) is 7. The molecule has 0 aliphatic heterocycles. The molecule has 8 nitrogen and oxygen atoms in total. The van der Waals surface area contributed by atoms with Crippen LogP contribution in [0.25, 0.3) is 16.7 Å². The van der Waals surface area contributed by atoms with Crippen molar-refractivity contribution in [1.29, 1.82) is 0 Å². The first-order valence-electron chi connectivity index (χ1n) is 8.65. The summed E-state index contributed by atoms with van der Waals surface area (Å²) in [5, 5.41) is 9.18. The number of nitrogens with zero attached hydrogens (tertiary/aromatic N) is 5. The van der Waals surface area contributed by atoms with Gasteiger partial charge in [0.15, 0.2) is 23.0 Å².